The summed E-state index contributed by atoms with van der Waals surface area (Å²) in [7, 11) is 1.61. The van der Waals surface area contributed by atoms with E-state index in [-0.39, 0.29) is 17.9 Å². The van der Waals surface area contributed by atoms with E-state index in [0.29, 0.717) is 30.3 Å². The molecule has 1 aliphatic carbocycles. The van der Waals surface area contributed by atoms with Crippen molar-refractivity contribution in [3.63, 3.8) is 0 Å². The minimum atomic E-state index is -0.914. The van der Waals surface area contributed by atoms with E-state index < -0.39 is 11.4 Å². The van der Waals surface area contributed by atoms with Gasteiger partial charge in [0.1, 0.15) is 11.4 Å². The number of aryl methyl sites for hydroxylation is 1. The predicted octanol–water partition coefficient (Wildman–Crippen LogP) is 4.48. The lowest BCUT2D eigenvalue weighted by Crippen LogP contribution is -2.51. The van der Waals surface area contributed by atoms with Gasteiger partial charge in [0.05, 0.1) is 18.4 Å². The number of H-pyrrole nitrogens is 1. The van der Waals surface area contributed by atoms with Crippen LogP contribution >= 0.6 is 0 Å². The summed E-state index contributed by atoms with van der Waals surface area (Å²) in [6.45, 7) is 4.75. The van der Waals surface area contributed by atoms with Crippen molar-refractivity contribution in [1.82, 2.24) is 35.6 Å². The molecule has 5 rings (SSSR count). The van der Waals surface area contributed by atoms with Gasteiger partial charge in [-0.15, -0.1) is 0 Å². The molecular weight excluding hydrogens is 537 g/mol. The number of carbonyl (C=O) groups is 1. The second-order valence-corrected chi connectivity index (χ2v) is 10.8. The molecule has 42 heavy (non-hydrogen) atoms. The van der Waals surface area contributed by atoms with E-state index in [1.807, 2.05) is 38.3 Å². The summed E-state index contributed by atoms with van der Waals surface area (Å²) in [6, 6.07) is 5.25. The van der Waals surface area contributed by atoms with Gasteiger partial charge in [0.2, 0.25) is 0 Å². The highest BCUT2D eigenvalue weighted by Crippen LogP contribution is 2.39. The van der Waals surface area contributed by atoms with Gasteiger partial charge in [-0.3, -0.25) is 9.89 Å². The summed E-state index contributed by atoms with van der Waals surface area (Å²) >= 11 is 0. The summed E-state index contributed by atoms with van der Waals surface area (Å²) in [4.78, 5) is 22.9. The Morgan fingerprint density at radius 1 is 1.26 bits per heavy atom. The number of carbonyl (C=O) groups excluding carboxylic acids is 1. The first-order chi connectivity index (χ1) is 20.3. The van der Waals surface area contributed by atoms with Gasteiger partial charge in [0.25, 0.3) is 5.91 Å². The maximum atomic E-state index is 13.6. The van der Waals surface area contributed by atoms with E-state index in [2.05, 4.69) is 42.3 Å². The molecule has 1 atom stereocenters. The number of nitrogens with one attached hydrogen (secondary N) is 4. The Balaban J connectivity index is 1.24. The van der Waals surface area contributed by atoms with E-state index in [4.69, 9.17) is 9.73 Å². The number of amidine groups is 1. The Morgan fingerprint density at radius 2 is 2.10 bits per heavy atom. The molecular formula is C30H38FN9O2. The van der Waals surface area contributed by atoms with Gasteiger partial charge in [0, 0.05) is 49.4 Å². The van der Waals surface area contributed by atoms with Crippen LogP contribution in [0.5, 0.6) is 0 Å². The normalized spacial score (nSPS) is 25.2. The number of halogens is 1. The minimum absolute atomic E-state index is 0.136. The SMILES string of the molecule is CO[C@]1(C(=O)N[C@@H](C)c2ccc(-n3cc(F)cn3)nc2)CC[C@H](C2=C\CCCN/C=C/C(Nc3cc(C)[nH]n3)=N\2)CC1. The zero-order chi connectivity index (χ0) is 29.5. The van der Waals surface area contributed by atoms with Crippen molar-refractivity contribution in [2.45, 2.75) is 64.0 Å². The molecule has 3 aromatic rings. The van der Waals surface area contributed by atoms with Crippen molar-refractivity contribution in [2.24, 2.45) is 10.9 Å². The third-order valence-corrected chi connectivity index (χ3v) is 7.87. The molecule has 2 aliphatic rings. The third kappa shape index (κ3) is 6.93. The first kappa shape index (κ1) is 29.2. The second kappa shape index (κ2) is 13.1. The van der Waals surface area contributed by atoms with Gasteiger partial charge in [0.15, 0.2) is 17.5 Å². The number of hydrogen-bond acceptors (Lipinski definition) is 8. The number of pyridine rings is 1. The number of aromatic nitrogens is 5. The minimum Gasteiger partial charge on any atom is -0.391 e. The fourth-order valence-corrected chi connectivity index (χ4v) is 5.37. The second-order valence-electron chi connectivity index (χ2n) is 10.8. The van der Waals surface area contributed by atoms with Crippen molar-refractivity contribution in [1.29, 1.82) is 0 Å². The molecule has 1 saturated carbocycles. The average Bonchev–Trinajstić information content (AvgIpc) is 3.63. The van der Waals surface area contributed by atoms with Crippen LogP contribution in [0.15, 0.2) is 65.8 Å². The summed E-state index contributed by atoms with van der Waals surface area (Å²) < 4.78 is 20.6. The molecule has 4 heterocycles. The van der Waals surface area contributed by atoms with E-state index in [1.165, 1.54) is 10.9 Å². The van der Waals surface area contributed by atoms with Crippen LogP contribution in [0.2, 0.25) is 0 Å². The van der Waals surface area contributed by atoms with Crippen LogP contribution in [0.1, 0.15) is 62.7 Å². The lowest BCUT2D eigenvalue weighted by molar-refractivity contribution is -0.149. The smallest absolute Gasteiger partial charge is 0.252 e. The quantitative estimate of drug-likeness (QED) is 0.326. The van der Waals surface area contributed by atoms with Gasteiger partial charge in [-0.2, -0.15) is 10.2 Å². The summed E-state index contributed by atoms with van der Waals surface area (Å²) in [5.41, 5.74) is 1.90. The highest BCUT2D eigenvalue weighted by molar-refractivity contribution is 6.03. The summed E-state index contributed by atoms with van der Waals surface area (Å²) in [6.07, 6.45) is 14.8. The lowest BCUT2D eigenvalue weighted by Gasteiger charge is -2.38. The van der Waals surface area contributed by atoms with Gasteiger partial charge in [-0.1, -0.05) is 12.1 Å². The summed E-state index contributed by atoms with van der Waals surface area (Å²) in [5.74, 6) is 1.55. The number of aromatic amines is 1. The third-order valence-electron chi connectivity index (χ3n) is 7.87. The number of ether oxygens (including phenoxy) is 1. The van der Waals surface area contributed by atoms with Gasteiger partial charge < -0.3 is 20.7 Å². The van der Waals surface area contributed by atoms with Crippen LogP contribution in [-0.4, -0.2) is 56.0 Å². The molecule has 222 valence electrons. The highest BCUT2D eigenvalue weighted by Gasteiger charge is 2.43. The largest absolute Gasteiger partial charge is 0.391 e. The van der Waals surface area contributed by atoms with Crippen LogP contribution < -0.4 is 16.0 Å². The molecule has 0 aromatic carbocycles. The van der Waals surface area contributed by atoms with Gasteiger partial charge >= 0.3 is 0 Å². The Bertz CT molecular complexity index is 1450. The molecule has 1 aliphatic heterocycles. The van der Waals surface area contributed by atoms with Crippen molar-refractivity contribution in [3.8, 4) is 5.82 Å². The molecule has 11 nitrogen and oxygen atoms in total. The zero-order valence-electron chi connectivity index (χ0n) is 24.2. The zero-order valence-corrected chi connectivity index (χ0v) is 24.2. The number of rotatable bonds is 7. The first-order valence-electron chi connectivity index (χ1n) is 14.4. The molecule has 1 fully saturated rings. The maximum absolute atomic E-state index is 13.6. The van der Waals surface area contributed by atoms with Crippen LogP contribution in [0.3, 0.4) is 0 Å². The number of nitrogens with zero attached hydrogens (tertiary/aromatic N) is 5. The fraction of sp³-hybridized carbons (Fsp3) is 0.433. The van der Waals surface area contributed by atoms with Crippen LogP contribution in [0.4, 0.5) is 10.2 Å². The molecule has 1 amide bonds. The number of anilines is 1. The highest BCUT2D eigenvalue weighted by atomic mass is 19.1. The van der Waals surface area contributed by atoms with E-state index in [9.17, 15) is 9.18 Å². The number of allylic oxidation sites excluding steroid dienone is 2. The molecule has 0 radical (unpaired) electrons. The van der Waals surface area contributed by atoms with Crippen LogP contribution in [0, 0.1) is 18.7 Å². The summed E-state index contributed by atoms with van der Waals surface area (Å²) in [5, 5.41) is 20.9. The molecule has 0 unspecified atom stereocenters. The Hall–Kier alpha value is -4.32. The average molecular weight is 576 g/mol. The topological polar surface area (TPSA) is 134 Å². The van der Waals surface area contributed by atoms with E-state index in [0.717, 1.165) is 55.4 Å². The van der Waals surface area contributed by atoms with E-state index in [1.54, 1.807) is 19.4 Å². The fourth-order valence-electron chi connectivity index (χ4n) is 5.37. The monoisotopic (exact) mass is 575 g/mol. The number of hydrogen-bond donors (Lipinski definition) is 4. The molecule has 0 spiro atoms. The number of aliphatic imine (C=N–C) groups is 1. The Kier molecular flexibility index (Phi) is 9.11. The molecule has 0 saturated heterocycles. The van der Waals surface area contributed by atoms with Crippen molar-refractivity contribution in [3.05, 3.63) is 77.9 Å². The number of amides is 1. The maximum Gasteiger partial charge on any atom is 0.252 e. The molecule has 12 heteroatoms. The van der Waals surface area contributed by atoms with Gasteiger partial charge in [-0.05, 0) is 70.1 Å². The van der Waals surface area contributed by atoms with Crippen molar-refractivity contribution in [2.75, 3.05) is 19.0 Å². The number of methoxy groups -OCH3 is 1. The van der Waals surface area contributed by atoms with Crippen LogP contribution in [0.25, 0.3) is 5.82 Å². The first-order valence-corrected chi connectivity index (χ1v) is 14.4. The standard InChI is InChI=1S/C30H38FN9O2/c1-20-16-27(39-38-20)37-26-11-15-32-14-5-4-6-25(36-26)22-9-12-30(42-3,13-10-22)29(41)35-21(2)23-7-8-28(33-17-23)40-19-24(31)18-34-40/h6-8,11,15-19,21-22,32H,4-5,9-10,12-14H2,1-3H3,(H,35,41)(H2,36,37,38,39)/b15-11+,25-6+/t21-,22-,30+/m0/s1. The Labute approximate surface area is 244 Å². The van der Waals surface area contributed by atoms with Crippen molar-refractivity contribution >= 4 is 17.6 Å². The molecule has 3 aromatic heterocycles. The molecule has 4 N–H and O–H groups in total. The van der Waals surface area contributed by atoms with Gasteiger partial charge in [-0.25, -0.2) is 19.0 Å². The predicted molar refractivity (Wildman–Crippen MR) is 158 cm³/mol. The van der Waals surface area contributed by atoms with E-state index >= 15 is 0 Å². The molecule has 0 bridgehead atoms. The lowest BCUT2D eigenvalue weighted by atomic mass is 9.76. The Morgan fingerprint density at radius 3 is 2.76 bits per heavy atom. The van der Waals surface area contributed by atoms with Crippen LogP contribution in [-0.2, 0) is 9.53 Å². The van der Waals surface area contributed by atoms with Crippen molar-refractivity contribution < 1.29 is 13.9 Å².